The van der Waals surface area contributed by atoms with Gasteiger partial charge in [0, 0.05) is 6.61 Å². The standard InChI is InChI=1S/C14H21NO2/c1-11(2)12-5-3-6-13(9-12)17-15-10-14-7-4-8-16-14/h3,5-6,9,11,14-15H,4,7-8,10H2,1-2H3. The summed E-state index contributed by atoms with van der Waals surface area (Å²) in [5, 5.41) is 0. The molecule has 1 aromatic carbocycles. The van der Waals surface area contributed by atoms with Gasteiger partial charge in [-0.15, -0.1) is 0 Å². The second kappa shape index (κ2) is 6.03. The van der Waals surface area contributed by atoms with E-state index in [1.54, 1.807) is 0 Å². The zero-order chi connectivity index (χ0) is 12.1. The second-order valence-corrected chi connectivity index (χ2v) is 4.81. The zero-order valence-electron chi connectivity index (χ0n) is 10.6. The minimum atomic E-state index is 0.309. The van der Waals surface area contributed by atoms with Crippen LogP contribution in [0.3, 0.4) is 0 Å². The average molecular weight is 235 g/mol. The fourth-order valence-electron chi connectivity index (χ4n) is 1.96. The van der Waals surface area contributed by atoms with E-state index < -0.39 is 0 Å². The fourth-order valence-corrected chi connectivity index (χ4v) is 1.96. The highest BCUT2D eigenvalue weighted by atomic mass is 16.6. The van der Waals surface area contributed by atoms with E-state index >= 15 is 0 Å². The molecular weight excluding hydrogens is 214 g/mol. The average Bonchev–Trinajstić information content (AvgIpc) is 2.82. The highest BCUT2D eigenvalue weighted by Gasteiger charge is 2.14. The van der Waals surface area contributed by atoms with E-state index in [1.165, 1.54) is 5.56 Å². The molecule has 94 valence electrons. The number of nitrogens with one attached hydrogen (secondary N) is 1. The molecule has 0 aliphatic carbocycles. The number of hydrogen-bond acceptors (Lipinski definition) is 3. The molecule has 1 unspecified atom stereocenters. The Hall–Kier alpha value is -1.06. The molecule has 0 amide bonds. The van der Waals surface area contributed by atoms with Gasteiger partial charge in [-0.3, -0.25) is 0 Å². The van der Waals surface area contributed by atoms with Crippen LogP contribution in [0.15, 0.2) is 24.3 Å². The largest absolute Gasteiger partial charge is 0.409 e. The molecule has 1 heterocycles. The molecule has 0 bridgehead atoms. The summed E-state index contributed by atoms with van der Waals surface area (Å²) in [6.07, 6.45) is 2.60. The zero-order valence-corrected chi connectivity index (χ0v) is 10.6. The maximum atomic E-state index is 5.53. The number of ether oxygens (including phenoxy) is 1. The Kier molecular flexibility index (Phi) is 4.40. The summed E-state index contributed by atoms with van der Waals surface area (Å²) in [5.74, 6) is 1.39. The lowest BCUT2D eigenvalue weighted by Gasteiger charge is -2.13. The molecule has 0 aromatic heterocycles. The van der Waals surface area contributed by atoms with Crippen LogP contribution >= 0.6 is 0 Å². The smallest absolute Gasteiger partial charge is 0.147 e. The van der Waals surface area contributed by atoms with Crippen molar-refractivity contribution in [1.29, 1.82) is 0 Å². The molecule has 1 atom stereocenters. The van der Waals surface area contributed by atoms with Crippen LogP contribution < -0.4 is 10.3 Å². The van der Waals surface area contributed by atoms with Crippen molar-refractivity contribution in [2.75, 3.05) is 13.2 Å². The predicted molar refractivity (Wildman–Crippen MR) is 68.1 cm³/mol. The maximum absolute atomic E-state index is 5.53. The third-order valence-electron chi connectivity index (χ3n) is 3.05. The van der Waals surface area contributed by atoms with Gasteiger partial charge < -0.3 is 9.57 Å². The van der Waals surface area contributed by atoms with E-state index in [9.17, 15) is 0 Å². The Morgan fingerprint density at radius 3 is 3.06 bits per heavy atom. The Morgan fingerprint density at radius 1 is 1.47 bits per heavy atom. The quantitative estimate of drug-likeness (QED) is 0.796. The third-order valence-corrected chi connectivity index (χ3v) is 3.05. The van der Waals surface area contributed by atoms with Gasteiger partial charge in [0.25, 0.3) is 0 Å². The number of benzene rings is 1. The molecular formula is C14H21NO2. The molecule has 3 heteroatoms. The van der Waals surface area contributed by atoms with Crippen LogP contribution in [0.4, 0.5) is 0 Å². The molecule has 1 aliphatic heterocycles. The highest BCUT2D eigenvalue weighted by molar-refractivity contribution is 5.30. The molecule has 1 aromatic rings. The summed E-state index contributed by atoms with van der Waals surface area (Å²) in [5.41, 5.74) is 4.28. The summed E-state index contributed by atoms with van der Waals surface area (Å²) < 4.78 is 5.51. The predicted octanol–water partition coefficient (Wildman–Crippen LogP) is 2.87. The molecule has 0 saturated carbocycles. The van der Waals surface area contributed by atoms with Gasteiger partial charge in [0.2, 0.25) is 0 Å². The normalized spacial score (nSPS) is 19.8. The van der Waals surface area contributed by atoms with Crippen molar-refractivity contribution in [2.45, 2.75) is 38.7 Å². The van der Waals surface area contributed by atoms with Crippen LogP contribution in [0, 0.1) is 0 Å². The molecule has 1 fully saturated rings. The minimum absolute atomic E-state index is 0.309. The first-order valence-corrected chi connectivity index (χ1v) is 6.37. The van der Waals surface area contributed by atoms with Gasteiger partial charge in [-0.2, -0.15) is 5.48 Å². The van der Waals surface area contributed by atoms with Crippen LogP contribution in [0.25, 0.3) is 0 Å². The number of hydrogen-bond donors (Lipinski definition) is 1. The van der Waals surface area contributed by atoms with Crippen LogP contribution in [0.2, 0.25) is 0 Å². The van der Waals surface area contributed by atoms with Crippen LogP contribution in [-0.2, 0) is 4.74 Å². The summed E-state index contributed by atoms with van der Waals surface area (Å²) in [6.45, 7) is 6.00. The summed E-state index contributed by atoms with van der Waals surface area (Å²) in [4.78, 5) is 5.53. The van der Waals surface area contributed by atoms with Crippen molar-refractivity contribution in [3.05, 3.63) is 29.8 Å². The van der Waals surface area contributed by atoms with Crippen molar-refractivity contribution in [1.82, 2.24) is 5.48 Å². The Labute approximate surface area is 103 Å². The summed E-state index contributed by atoms with van der Waals surface area (Å²) >= 11 is 0. The van der Waals surface area contributed by atoms with Gasteiger partial charge in [-0.05, 0) is 36.5 Å². The van der Waals surface area contributed by atoms with Crippen molar-refractivity contribution >= 4 is 0 Å². The summed E-state index contributed by atoms with van der Waals surface area (Å²) in [6, 6.07) is 8.19. The first kappa shape index (κ1) is 12.4. The molecule has 17 heavy (non-hydrogen) atoms. The van der Waals surface area contributed by atoms with Crippen molar-refractivity contribution < 1.29 is 9.57 Å². The minimum Gasteiger partial charge on any atom is -0.409 e. The molecule has 3 nitrogen and oxygen atoms in total. The van der Waals surface area contributed by atoms with Gasteiger partial charge in [0.15, 0.2) is 0 Å². The fraction of sp³-hybridized carbons (Fsp3) is 0.571. The lowest BCUT2D eigenvalue weighted by atomic mass is 10.0. The SMILES string of the molecule is CC(C)c1cccc(ONCC2CCCO2)c1. The van der Waals surface area contributed by atoms with E-state index in [0.717, 1.165) is 31.7 Å². The lowest BCUT2D eigenvalue weighted by molar-refractivity contribution is 0.0745. The molecule has 1 N–H and O–H groups in total. The van der Waals surface area contributed by atoms with Gasteiger partial charge in [0.1, 0.15) is 5.75 Å². The molecule has 2 rings (SSSR count). The molecule has 0 spiro atoms. The van der Waals surface area contributed by atoms with Gasteiger partial charge in [-0.25, -0.2) is 0 Å². The topological polar surface area (TPSA) is 30.5 Å². The van der Waals surface area contributed by atoms with Crippen LogP contribution in [0.5, 0.6) is 5.75 Å². The summed E-state index contributed by atoms with van der Waals surface area (Å²) in [7, 11) is 0. The number of hydroxylamine groups is 1. The second-order valence-electron chi connectivity index (χ2n) is 4.81. The van der Waals surface area contributed by atoms with Gasteiger partial charge in [-0.1, -0.05) is 26.0 Å². The van der Waals surface area contributed by atoms with E-state index in [2.05, 4.69) is 31.5 Å². The first-order valence-electron chi connectivity index (χ1n) is 6.37. The van der Waals surface area contributed by atoms with Crippen molar-refractivity contribution in [3.63, 3.8) is 0 Å². The van der Waals surface area contributed by atoms with Gasteiger partial charge in [0.05, 0.1) is 12.6 Å². The Morgan fingerprint density at radius 2 is 2.35 bits per heavy atom. The Balaban J connectivity index is 1.79. The van der Waals surface area contributed by atoms with E-state index in [1.807, 2.05) is 12.1 Å². The monoisotopic (exact) mass is 235 g/mol. The van der Waals surface area contributed by atoms with Crippen molar-refractivity contribution in [2.24, 2.45) is 0 Å². The van der Waals surface area contributed by atoms with Crippen molar-refractivity contribution in [3.8, 4) is 5.75 Å². The van der Waals surface area contributed by atoms with E-state index in [-0.39, 0.29) is 0 Å². The maximum Gasteiger partial charge on any atom is 0.147 e. The van der Waals surface area contributed by atoms with Gasteiger partial charge >= 0.3 is 0 Å². The third kappa shape index (κ3) is 3.72. The van der Waals surface area contributed by atoms with Crippen LogP contribution in [-0.4, -0.2) is 19.3 Å². The molecule has 1 saturated heterocycles. The number of rotatable bonds is 5. The van der Waals surface area contributed by atoms with E-state index in [0.29, 0.717) is 12.0 Å². The molecule has 1 aliphatic rings. The van der Waals surface area contributed by atoms with Crippen LogP contribution in [0.1, 0.15) is 38.2 Å². The highest BCUT2D eigenvalue weighted by Crippen LogP contribution is 2.19. The first-order chi connectivity index (χ1) is 8.25. The molecule has 0 radical (unpaired) electrons. The lowest BCUT2D eigenvalue weighted by Crippen LogP contribution is -2.28. The Bertz CT molecular complexity index is 346. The van der Waals surface area contributed by atoms with E-state index in [4.69, 9.17) is 9.57 Å².